The summed E-state index contributed by atoms with van der Waals surface area (Å²) >= 11 is 0. The summed E-state index contributed by atoms with van der Waals surface area (Å²) in [5.74, 6) is -6.03. The van der Waals surface area contributed by atoms with Gasteiger partial charge in [0.05, 0.1) is 15.9 Å². The van der Waals surface area contributed by atoms with Crippen LogP contribution in [0.15, 0.2) is 0 Å². The molecule has 0 saturated carbocycles. The molecule has 0 atom stereocenters. The Hall–Kier alpha value is -2.19. The first-order valence-electron chi connectivity index (χ1n) is 3.24. The molecule has 1 radical (unpaired) electrons. The van der Waals surface area contributed by atoms with Crippen molar-refractivity contribution in [2.45, 2.75) is 0 Å². The summed E-state index contributed by atoms with van der Waals surface area (Å²) in [7, 11) is 0. The van der Waals surface area contributed by atoms with Crippen LogP contribution >= 0.6 is 0 Å². The molecular weight excluding hydrogens is 221 g/mol. The average Bonchev–Trinajstić information content (AvgIpc) is 1.99. The molecule has 0 bridgehead atoms. The highest BCUT2D eigenvalue weighted by Crippen LogP contribution is 2.31. The Morgan fingerprint density at radius 1 is 0.933 bits per heavy atom. The van der Waals surface area contributed by atoms with E-state index in [1.54, 1.807) is 0 Å². The first kappa shape index (κ1) is 10.9. The van der Waals surface area contributed by atoms with Crippen molar-refractivity contribution in [2.24, 2.45) is 0 Å². The Morgan fingerprint density at radius 2 is 1.27 bits per heavy atom. The SMILES string of the molecule is O=[N+]([O-])c1c(F)[c]c(F)c([N+](=O)[O-])c1F. The lowest BCUT2D eigenvalue weighted by atomic mass is 10.2. The number of rotatable bonds is 2. The maximum atomic E-state index is 12.9. The molecule has 0 heterocycles. The fourth-order valence-electron chi connectivity index (χ4n) is 0.840. The minimum atomic E-state index is -2.17. The number of nitro groups is 2. The topological polar surface area (TPSA) is 86.3 Å². The molecule has 79 valence electrons. The number of nitrogens with zero attached hydrogens (tertiary/aromatic N) is 2. The highest BCUT2D eigenvalue weighted by atomic mass is 19.1. The van der Waals surface area contributed by atoms with Crippen LogP contribution in [0.2, 0.25) is 0 Å². The van der Waals surface area contributed by atoms with Gasteiger partial charge >= 0.3 is 11.4 Å². The van der Waals surface area contributed by atoms with Gasteiger partial charge in [-0.15, -0.1) is 0 Å². The maximum Gasteiger partial charge on any atom is 0.348 e. The van der Waals surface area contributed by atoms with Crippen molar-refractivity contribution >= 4 is 11.4 Å². The van der Waals surface area contributed by atoms with E-state index in [1.165, 1.54) is 0 Å². The van der Waals surface area contributed by atoms with Crippen molar-refractivity contribution < 1.29 is 23.0 Å². The Bertz CT molecular complexity index is 424. The van der Waals surface area contributed by atoms with E-state index in [0.29, 0.717) is 0 Å². The first-order valence-corrected chi connectivity index (χ1v) is 3.24. The summed E-state index contributed by atoms with van der Waals surface area (Å²) in [6.07, 6.45) is 0. The molecule has 0 amide bonds. The van der Waals surface area contributed by atoms with Gasteiger partial charge in [0.2, 0.25) is 11.6 Å². The van der Waals surface area contributed by atoms with Crippen LogP contribution in [0.1, 0.15) is 0 Å². The lowest BCUT2D eigenvalue weighted by Crippen LogP contribution is -2.04. The van der Waals surface area contributed by atoms with Gasteiger partial charge < -0.3 is 0 Å². The van der Waals surface area contributed by atoms with E-state index >= 15 is 0 Å². The molecule has 0 aromatic heterocycles. The van der Waals surface area contributed by atoms with E-state index in [2.05, 4.69) is 0 Å². The summed E-state index contributed by atoms with van der Waals surface area (Å²) in [6.45, 7) is 0. The lowest BCUT2D eigenvalue weighted by molar-refractivity contribution is -0.402. The van der Waals surface area contributed by atoms with Crippen LogP contribution in [0, 0.1) is 43.7 Å². The molecule has 1 aromatic carbocycles. The van der Waals surface area contributed by atoms with Gasteiger partial charge in [0.25, 0.3) is 5.82 Å². The second-order valence-corrected chi connectivity index (χ2v) is 2.28. The second-order valence-electron chi connectivity index (χ2n) is 2.28. The fourth-order valence-corrected chi connectivity index (χ4v) is 0.840. The third-order valence-electron chi connectivity index (χ3n) is 1.42. The zero-order chi connectivity index (χ0) is 11.7. The molecule has 0 spiro atoms. The van der Waals surface area contributed by atoms with Crippen molar-refractivity contribution in [2.75, 3.05) is 0 Å². The molecule has 1 aromatic rings. The number of nitro benzene ring substituents is 2. The van der Waals surface area contributed by atoms with Gasteiger partial charge in [-0.2, -0.15) is 13.2 Å². The highest BCUT2D eigenvalue weighted by Gasteiger charge is 2.34. The molecule has 6 nitrogen and oxygen atoms in total. The Labute approximate surface area is 79.2 Å². The molecular formula is C6F3N2O4. The first-order chi connectivity index (χ1) is 6.86. The van der Waals surface area contributed by atoms with Gasteiger partial charge in [-0.3, -0.25) is 20.2 Å². The molecule has 0 aliphatic heterocycles. The third-order valence-corrected chi connectivity index (χ3v) is 1.42. The molecule has 1 rings (SSSR count). The van der Waals surface area contributed by atoms with Crippen molar-refractivity contribution in [1.82, 2.24) is 0 Å². The van der Waals surface area contributed by atoms with Crippen LogP contribution in [0.3, 0.4) is 0 Å². The number of benzene rings is 1. The van der Waals surface area contributed by atoms with Gasteiger partial charge in [0.15, 0.2) is 0 Å². The quantitative estimate of drug-likeness (QED) is 0.561. The number of hydrogen-bond donors (Lipinski definition) is 0. The Kier molecular flexibility index (Phi) is 2.55. The van der Waals surface area contributed by atoms with Crippen LogP contribution < -0.4 is 0 Å². The minimum absolute atomic E-state index is 1.05. The van der Waals surface area contributed by atoms with Crippen LogP contribution in [0.25, 0.3) is 0 Å². The summed E-state index contributed by atoms with van der Waals surface area (Å²) in [5, 5.41) is 20.2. The van der Waals surface area contributed by atoms with E-state index in [0.717, 1.165) is 6.07 Å². The third kappa shape index (κ3) is 1.71. The van der Waals surface area contributed by atoms with E-state index in [-0.39, 0.29) is 0 Å². The van der Waals surface area contributed by atoms with Crippen LogP contribution in [-0.4, -0.2) is 9.85 Å². The largest absolute Gasteiger partial charge is 0.348 e. The molecule has 0 saturated heterocycles. The van der Waals surface area contributed by atoms with Gasteiger partial charge in [-0.1, -0.05) is 0 Å². The zero-order valence-corrected chi connectivity index (χ0v) is 6.66. The fraction of sp³-hybridized carbons (Fsp3) is 0. The van der Waals surface area contributed by atoms with Gasteiger partial charge in [-0.25, -0.2) is 0 Å². The van der Waals surface area contributed by atoms with E-state index in [4.69, 9.17) is 0 Å². The summed E-state index contributed by atoms with van der Waals surface area (Å²) < 4.78 is 38.1. The average molecular weight is 221 g/mol. The number of hydrogen-bond acceptors (Lipinski definition) is 4. The normalized spacial score (nSPS) is 10.1. The van der Waals surface area contributed by atoms with E-state index < -0.39 is 38.7 Å². The zero-order valence-electron chi connectivity index (χ0n) is 6.66. The Morgan fingerprint density at radius 3 is 1.53 bits per heavy atom. The van der Waals surface area contributed by atoms with Crippen molar-refractivity contribution in [3.8, 4) is 0 Å². The van der Waals surface area contributed by atoms with Gasteiger partial charge in [0, 0.05) is 0 Å². The van der Waals surface area contributed by atoms with Crippen molar-refractivity contribution in [3.63, 3.8) is 0 Å². The van der Waals surface area contributed by atoms with E-state index in [1.807, 2.05) is 0 Å². The van der Waals surface area contributed by atoms with E-state index in [9.17, 15) is 33.4 Å². The summed E-state index contributed by atoms with van der Waals surface area (Å²) in [4.78, 5) is 17.1. The second kappa shape index (κ2) is 3.52. The molecule has 9 heteroatoms. The lowest BCUT2D eigenvalue weighted by Gasteiger charge is -1.97. The van der Waals surface area contributed by atoms with Crippen LogP contribution in [0.4, 0.5) is 24.5 Å². The summed E-state index contributed by atoms with van der Waals surface area (Å²) in [5.41, 5.74) is -3.61. The van der Waals surface area contributed by atoms with Crippen molar-refractivity contribution in [3.05, 3.63) is 43.7 Å². The highest BCUT2D eigenvalue weighted by molar-refractivity contribution is 5.46. The van der Waals surface area contributed by atoms with Gasteiger partial charge in [0.1, 0.15) is 0 Å². The molecule has 0 aliphatic carbocycles. The molecule has 0 aliphatic rings. The predicted octanol–water partition coefficient (Wildman–Crippen LogP) is 1.72. The minimum Gasteiger partial charge on any atom is -0.258 e. The van der Waals surface area contributed by atoms with Crippen molar-refractivity contribution in [1.29, 1.82) is 0 Å². The predicted molar refractivity (Wildman–Crippen MR) is 38.5 cm³/mol. The smallest absolute Gasteiger partial charge is 0.258 e. The maximum absolute atomic E-state index is 12.9. The molecule has 0 fully saturated rings. The van der Waals surface area contributed by atoms with Crippen LogP contribution in [-0.2, 0) is 0 Å². The van der Waals surface area contributed by atoms with Crippen LogP contribution in [0.5, 0.6) is 0 Å². The standard InChI is InChI=1S/C6F3N2O4/c7-2-1-3(8)6(11(14)15)4(9)5(2)10(12)13. The molecule has 0 unspecified atom stereocenters. The molecule has 15 heavy (non-hydrogen) atoms. The summed E-state index contributed by atoms with van der Waals surface area (Å²) in [6, 6.07) is 1.05. The Balaban J connectivity index is 3.64. The monoisotopic (exact) mass is 221 g/mol. The number of halogens is 3. The molecule has 0 N–H and O–H groups in total. The van der Waals surface area contributed by atoms with Gasteiger partial charge in [-0.05, 0) is 0 Å².